The Labute approximate surface area is 178 Å². The number of nitrogens with one attached hydrogen (secondary N) is 3. The molecule has 0 bridgehead atoms. The second-order valence-corrected chi connectivity index (χ2v) is 7.76. The number of amides is 2. The summed E-state index contributed by atoms with van der Waals surface area (Å²) in [6.45, 7) is 1.27. The monoisotopic (exact) mass is 444 g/mol. The van der Waals surface area contributed by atoms with Crippen LogP contribution < -0.4 is 10.6 Å². The van der Waals surface area contributed by atoms with Gasteiger partial charge in [-0.25, -0.2) is 13.3 Å². The molecule has 0 spiro atoms. The number of anilines is 2. The quantitative estimate of drug-likeness (QED) is 0.443. The lowest BCUT2D eigenvalue weighted by Gasteiger charge is -2.13. The van der Waals surface area contributed by atoms with Gasteiger partial charge in [0, 0.05) is 30.1 Å². The fourth-order valence-corrected chi connectivity index (χ4v) is 3.86. The number of carbonyl (C=O) groups is 2. The van der Waals surface area contributed by atoms with Crippen LogP contribution in [0.5, 0.6) is 0 Å². The van der Waals surface area contributed by atoms with Gasteiger partial charge in [0.15, 0.2) is 11.6 Å². The smallest absolute Gasteiger partial charge is 0.231 e. The van der Waals surface area contributed by atoms with Gasteiger partial charge in [-0.1, -0.05) is 11.6 Å². The molecule has 1 fully saturated rings. The number of hydrogen-bond acceptors (Lipinski definition) is 4. The molecule has 8 nitrogen and oxygen atoms in total. The van der Waals surface area contributed by atoms with E-state index in [1.54, 1.807) is 24.4 Å². The largest absolute Gasteiger partial charge is 0.322 e. The molecule has 31 heavy (non-hydrogen) atoms. The molecule has 0 aliphatic heterocycles. The number of alkyl halides is 1. The molecule has 2 amide bonds. The van der Waals surface area contributed by atoms with E-state index in [0.29, 0.717) is 27.5 Å². The molecule has 0 saturated heterocycles. The van der Waals surface area contributed by atoms with Crippen LogP contribution in [0.3, 0.4) is 0 Å². The van der Waals surface area contributed by atoms with Crippen molar-refractivity contribution in [3.8, 4) is 11.1 Å². The number of fused-ring (bicyclic) bond motifs is 2. The Balaban J connectivity index is 1.57. The highest BCUT2D eigenvalue weighted by Gasteiger charge is 2.43. The summed E-state index contributed by atoms with van der Waals surface area (Å²) in [5, 5.41) is 16.3. The number of rotatable bonds is 4. The summed E-state index contributed by atoms with van der Waals surface area (Å²) >= 11 is 6.35. The van der Waals surface area contributed by atoms with Crippen LogP contribution in [-0.4, -0.2) is 37.8 Å². The first kappa shape index (κ1) is 19.4. The van der Waals surface area contributed by atoms with Crippen molar-refractivity contribution in [2.45, 2.75) is 19.5 Å². The van der Waals surface area contributed by atoms with Gasteiger partial charge in [-0.15, -0.1) is 0 Å². The average molecular weight is 445 g/mol. The van der Waals surface area contributed by atoms with E-state index in [4.69, 9.17) is 11.6 Å². The number of hydrogen-bond donors (Lipinski definition) is 3. The number of pyridine rings is 1. The molecule has 3 aromatic heterocycles. The first-order valence-electron chi connectivity index (χ1n) is 9.40. The molecule has 1 aliphatic carbocycles. The van der Waals surface area contributed by atoms with E-state index in [1.165, 1.54) is 17.6 Å². The molecule has 2 atom stereocenters. The molecule has 158 valence electrons. The zero-order chi connectivity index (χ0) is 21.9. The maximum Gasteiger partial charge on any atom is 0.231 e. The molecule has 3 heterocycles. The third kappa shape index (κ3) is 3.28. The average Bonchev–Trinajstić information content (AvgIpc) is 3.11. The molecule has 4 aromatic rings. The van der Waals surface area contributed by atoms with Gasteiger partial charge in [0.25, 0.3) is 0 Å². The number of benzene rings is 1. The fourth-order valence-electron chi connectivity index (χ4n) is 3.55. The molecule has 3 N–H and O–H groups in total. The van der Waals surface area contributed by atoms with Crippen molar-refractivity contribution in [1.29, 1.82) is 0 Å². The number of aromatic amines is 1. The summed E-state index contributed by atoms with van der Waals surface area (Å²) in [4.78, 5) is 23.4. The minimum absolute atomic E-state index is 0.0737. The Kier molecular flexibility index (Phi) is 4.40. The highest BCUT2D eigenvalue weighted by molar-refractivity contribution is 6.36. The maximum absolute atomic E-state index is 15.0. The minimum atomic E-state index is -1.10. The van der Waals surface area contributed by atoms with Crippen LogP contribution in [0.1, 0.15) is 13.3 Å². The molecule has 11 heteroatoms. The third-order valence-corrected chi connectivity index (χ3v) is 5.50. The van der Waals surface area contributed by atoms with E-state index in [1.807, 2.05) is 0 Å². The van der Waals surface area contributed by atoms with Gasteiger partial charge < -0.3 is 10.6 Å². The highest BCUT2D eigenvalue weighted by atomic mass is 35.5. The second kappa shape index (κ2) is 7.02. The Bertz CT molecular complexity index is 1380. The number of halogens is 3. The standard InChI is InChI=1S/C20H15ClF2N6O2/c1-8(30)25-19-17(23)16(21)15(12-7-24-27-18(12)19)9-2-3-29-10(4-9)5-14(28-29)26-20(31)11-6-13(11)22/h2-5,7,11,13H,6H2,1H3,(H,24,27)(H,25,30)(H,26,28,31)/t11-,13+/m1/s1. The van der Waals surface area contributed by atoms with Crippen molar-refractivity contribution >= 4 is 51.3 Å². The van der Waals surface area contributed by atoms with Crippen LogP contribution >= 0.6 is 11.6 Å². The Morgan fingerprint density at radius 1 is 1.32 bits per heavy atom. The normalized spacial score (nSPS) is 17.8. The van der Waals surface area contributed by atoms with E-state index < -0.39 is 29.7 Å². The molecular formula is C20H15ClF2N6O2. The number of aromatic nitrogens is 4. The predicted molar refractivity (Wildman–Crippen MR) is 111 cm³/mol. The highest BCUT2D eigenvalue weighted by Crippen LogP contribution is 2.41. The van der Waals surface area contributed by atoms with E-state index in [9.17, 15) is 14.0 Å². The van der Waals surface area contributed by atoms with Crippen LogP contribution in [0.25, 0.3) is 27.5 Å². The van der Waals surface area contributed by atoms with Gasteiger partial charge in [0.2, 0.25) is 11.8 Å². The van der Waals surface area contributed by atoms with E-state index in [0.717, 1.165) is 0 Å². The van der Waals surface area contributed by atoms with Gasteiger partial charge in [0.1, 0.15) is 11.9 Å². The van der Waals surface area contributed by atoms with Crippen LogP contribution in [0, 0.1) is 11.7 Å². The Morgan fingerprint density at radius 2 is 2.10 bits per heavy atom. The summed E-state index contributed by atoms with van der Waals surface area (Å²) in [6, 6.07) is 5.04. The SMILES string of the molecule is CC(=O)Nc1c(F)c(Cl)c(-c2ccn3nc(NC(=O)[C@@H]4C[C@@H]4F)cc3c2)c2cn[nH]c12. The third-order valence-electron chi connectivity index (χ3n) is 5.14. The Morgan fingerprint density at radius 3 is 2.81 bits per heavy atom. The predicted octanol–water partition coefficient (Wildman–Crippen LogP) is 3.93. The molecule has 5 rings (SSSR count). The van der Waals surface area contributed by atoms with Gasteiger partial charge in [-0.3, -0.25) is 14.7 Å². The summed E-state index contributed by atoms with van der Waals surface area (Å²) in [7, 11) is 0. The molecule has 0 unspecified atom stereocenters. The topological polar surface area (TPSA) is 104 Å². The van der Waals surface area contributed by atoms with Gasteiger partial charge in [0.05, 0.1) is 28.2 Å². The van der Waals surface area contributed by atoms with Crippen LogP contribution in [0.15, 0.2) is 30.6 Å². The number of H-pyrrole nitrogens is 1. The van der Waals surface area contributed by atoms with E-state index >= 15 is 4.39 Å². The summed E-state index contributed by atoms with van der Waals surface area (Å²) < 4.78 is 29.6. The first-order valence-corrected chi connectivity index (χ1v) is 9.77. The summed E-state index contributed by atoms with van der Waals surface area (Å²) in [6.07, 6.45) is 2.26. The van der Waals surface area contributed by atoms with Gasteiger partial charge >= 0.3 is 0 Å². The summed E-state index contributed by atoms with van der Waals surface area (Å²) in [5.74, 6) is -1.98. The first-order chi connectivity index (χ1) is 14.8. The number of nitrogens with zero attached hydrogens (tertiary/aromatic N) is 3. The van der Waals surface area contributed by atoms with Crippen molar-refractivity contribution in [2.75, 3.05) is 10.6 Å². The van der Waals surface area contributed by atoms with Crippen molar-refractivity contribution in [3.05, 3.63) is 41.4 Å². The van der Waals surface area contributed by atoms with Gasteiger partial charge in [-0.05, 0) is 24.1 Å². The molecule has 1 aliphatic rings. The van der Waals surface area contributed by atoms with Crippen molar-refractivity contribution in [2.24, 2.45) is 5.92 Å². The lowest BCUT2D eigenvalue weighted by Crippen LogP contribution is -2.15. The van der Waals surface area contributed by atoms with Crippen LogP contribution in [0.2, 0.25) is 5.02 Å². The maximum atomic E-state index is 15.0. The van der Waals surface area contributed by atoms with E-state index in [-0.39, 0.29) is 22.9 Å². The zero-order valence-electron chi connectivity index (χ0n) is 16.0. The second-order valence-electron chi connectivity index (χ2n) is 7.38. The molecular weight excluding hydrogens is 430 g/mol. The van der Waals surface area contributed by atoms with Crippen molar-refractivity contribution in [1.82, 2.24) is 19.8 Å². The molecule has 1 aromatic carbocycles. The zero-order valence-corrected chi connectivity index (χ0v) is 16.8. The summed E-state index contributed by atoms with van der Waals surface area (Å²) in [5.41, 5.74) is 1.82. The van der Waals surface area contributed by atoms with Crippen molar-refractivity contribution < 1.29 is 18.4 Å². The van der Waals surface area contributed by atoms with Crippen molar-refractivity contribution in [3.63, 3.8) is 0 Å². The van der Waals surface area contributed by atoms with Gasteiger partial charge in [-0.2, -0.15) is 10.2 Å². The number of carbonyl (C=O) groups excluding carboxylic acids is 2. The Hall–Kier alpha value is -3.53. The lowest BCUT2D eigenvalue weighted by atomic mass is 10.0. The van der Waals surface area contributed by atoms with Crippen LogP contribution in [-0.2, 0) is 9.59 Å². The fraction of sp³-hybridized carbons (Fsp3) is 0.200. The molecule has 0 radical (unpaired) electrons. The van der Waals surface area contributed by atoms with E-state index in [2.05, 4.69) is 25.9 Å². The minimum Gasteiger partial charge on any atom is -0.322 e. The van der Waals surface area contributed by atoms with Crippen LogP contribution in [0.4, 0.5) is 20.3 Å². The molecule has 1 saturated carbocycles. The lowest BCUT2D eigenvalue weighted by molar-refractivity contribution is -0.117.